The van der Waals surface area contributed by atoms with Gasteiger partial charge in [0.15, 0.2) is 0 Å². The summed E-state index contributed by atoms with van der Waals surface area (Å²) in [6.45, 7) is 7.75. The SMILES string of the molecule is Cc1ccc(OCCCCn2c(C(O)c3ccccc3)nc3cc(C)c(C)cc32)cc1. The normalized spacial score (nSPS) is 12.3. The molecule has 1 N–H and O–H groups in total. The zero-order valence-electron chi connectivity index (χ0n) is 18.5. The van der Waals surface area contributed by atoms with Gasteiger partial charge in [-0.05, 0) is 74.6 Å². The van der Waals surface area contributed by atoms with Crippen LogP contribution in [0.4, 0.5) is 0 Å². The standard InChI is InChI=1S/C27H30N2O2/c1-19-11-13-23(14-12-19)31-16-8-7-15-29-25-18-21(3)20(2)17-24(25)28-27(29)26(30)22-9-5-4-6-10-22/h4-6,9-14,17-18,26,30H,7-8,15-16H2,1-3H3. The number of aliphatic hydroxyl groups excluding tert-OH is 1. The van der Waals surface area contributed by atoms with Crippen LogP contribution in [0.2, 0.25) is 0 Å². The maximum absolute atomic E-state index is 11.1. The van der Waals surface area contributed by atoms with Gasteiger partial charge in [-0.25, -0.2) is 4.98 Å². The van der Waals surface area contributed by atoms with Crippen LogP contribution in [0.15, 0.2) is 66.7 Å². The highest BCUT2D eigenvalue weighted by molar-refractivity contribution is 5.78. The maximum atomic E-state index is 11.1. The van der Waals surface area contributed by atoms with Gasteiger partial charge in [0.25, 0.3) is 0 Å². The van der Waals surface area contributed by atoms with Gasteiger partial charge in [-0.2, -0.15) is 0 Å². The largest absolute Gasteiger partial charge is 0.494 e. The summed E-state index contributed by atoms with van der Waals surface area (Å²) >= 11 is 0. The first-order valence-electron chi connectivity index (χ1n) is 10.9. The predicted octanol–water partition coefficient (Wildman–Crippen LogP) is 5.90. The Balaban J connectivity index is 1.52. The van der Waals surface area contributed by atoms with Gasteiger partial charge in [0, 0.05) is 6.54 Å². The van der Waals surface area contributed by atoms with E-state index in [4.69, 9.17) is 9.72 Å². The molecule has 31 heavy (non-hydrogen) atoms. The van der Waals surface area contributed by atoms with Gasteiger partial charge in [-0.15, -0.1) is 0 Å². The van der Waals surface area contributed by atoms with Gasteiger partial charge >= 0.3 is 0 Å². The van der Waals surface area contributed by atoms with Gasteiger partial charge < -0.3 is 14.4 Å². The quantitative estimate of drug-likeness (QED) is 0.365. The average molecular weight is 415 g/mol. The van der Waals surface area contributed by atoms with Crippen molar-refractivity contribution >= 4 is 11.0 Å². The van der Waals surface area contributed by atoms with Crippen molar-refractivity contribution in [2.24, 2.45) is 0 Å². The molecule has 0 radical (unpaired) electrons. The molecule has 1 heterocycles. The second kappa shape index (κ2) is 9.36. The summed E-state index contributed by atoms with van der Waals surface area (Å²) in [5.74, 6) is 1.61. The Morgan fingerprint density at radius 3 is 2.35 bits per heavy atom. The van der Waals surface area contributed by atoms with E-state index in [2.05, 4.69) is 49.6 Å². The molecule has 4 heteroatoms. The topological polar surface area (TPSA) is 47.3 Å². The molecule has 1 unspecified atom stereocenters. The van der Waals surface area contributed by atoms with Crippen molar-refractivity contribution in [1.29, 1.82) is 0 Å². The first kappa shape index (κ1) is 21.1. The lowest BCUT2D eigenvalue weighted by Crippen LogP contribution is -2.11. The van der Waals surface area contributed by atoms with E-state index in [0.29, 0.717) is 12.4 Å². The summed E-state index contributed by atoms with van der Waals surface area (Å²) < 4.78 is 8.05. The Hall–Kier alpha value is -3.11. The molecule has 4 nitrogen and oxygen atoms in total. The number of rotatable bonds is 8. The van der Waals surface area contributed by atoms with Crippen LogP contribution >= 0.6 is 0 Å². The monoisotopic (exact) mass is 414 g/mol. The number of benzene rings is 3. The van der Waals surface area contributed by atoms with E-state index in [-0.39, 0.29) is 0 Å². The summed E-state index contributed by atoms with van der Waals surface area (Å²) in [7, 11) is 0. The van der Waals surface area contributed by atoms with Crippen LogP contribution in [0.5, 0.6) is 5.75 Å². The molecule has 1 atom stereocenters. The van der Waals surface area contributed by atoms with Crippen LogP contribution in [-0.2, 0) is 6.54 Å². The van der Waals surface area contributed by atoms with Crippen LogP contribution in [0.1, 0.15) is 47.0 Å². The predicted molar refractivity (Wildman–Crippen MR) is 126 cm³/mol. The molecule has 160 valence electrons. The van der Waals surface area contributed by atoms with E-state index in [1.807, 2.05) is 42.5 Å². The van der Waals surface area contributed by atoms with E-state index in [1.165, 1.54) is 16.7 Å². The number of hydrogen-bond donors (Lipinski definition) is 1. The number of nitrogens with zero attached hydrogens (tertiary/aromatic N) is 2. The Morgan fingerprint density at radius 2 is 1.61 bits per heavy atom. The number of unbranched alkanes of at least 4 members (excludes halogenated alkanes) is 1. The fraction of sp³-hybridized carbons (Fsp3) is 0.296. The van der Waals surface area contributed by atoms with Crippen molar-refractivity contribution in [3.63, 3.8) is 0 Å². The summed E-state index contributed by atoms with van der Waals surface area (Å²) in [4.78, 5) is 4.83. The Labute approximate surface area is 184 Å². The molecule has 0 fully saturated rings. The average Bonchev–Trinajstić information content (AvgIpc) is 3.12. The number of aryl methyl sites for hydroxylation is 4. The molecular formula is C27H30N2O2. The zero-order valence-corrected chi connectivity index (χ0v) is 18.5. The molecule has 0 amide bonds. The van der Waals surface area contributed by atoms with Gasteiger partial charge in [-0.3, -0.25) is 0 Å². The highest BCUT2D eigenvalue weighted by atomic mass is 16.5. The van der Waals surface area contributed by atoms with Crippen molar-refractivity contribution in [3.8, 4) is 5.75 Å². The molecule has 0 saturated heterocycles. The minimum absolute atomic E-state index is 0.671. The lowest BCUT2D eigenvalue weighted by atomic mass is 10.1. The molecule has 0 aliphatic carbocycles. The summed E-state index contributed by atoms with van der Waals surface area (Å²) in [5, 5.41) is 11.1. The van der Waals surface area contributed by atoms with Crippen LogP contribution in [-0.4, -0.2) is 21.3 Å². The summed E-state index contributed by atoms with van der Waals surface area (Å²) in [5.41, 5.74) is 6.54. The third-order valence-corrected chi connectivity index (χ3v) is 5.82. The van der Waals surface area contributed by atoms with Crippen LogP contribution in [0.25, 0.3) is 11.0 Å². The van der Waals surface area contributed by atoms with Crippen LogP contribution in [0.3, 0.4) is 0 Å². The molecule has 0 aliphatic heterocycles. The number of imidazole rings is 1. The van der Waals surface area contributed by atoms with Crippen molar-refractivity contribution in [1.82, 2.24) is 9.55 Å². The van der Waals surface area contributed by atoms with Crippen molar-refractivity contribution < 1.29 is 9.84 Å². The van der Waals surface area contributed by atoms with Gasteiger partial charge in [0.05, 0.1) is 17.6 Å². The fourth-order valence-electron chi connectivity index (χ4n) is 3.82. The molecule has 0 aliphatic rings. The van der Waals surface area contributed by atoms with Gasteiger partial charge in [0.2, 0.25) is 0 Å². The summed E-state index contributed by atoms with van der Waals surface area (Å²) in [6, 6.07) is 22.2. The van der Waals surface area contributed by atoms with Crippen LogP contribution in [0, 0.1) is 20.8 Å². The van der Waals surface area contributed by atoms with E-state index in [0.717, 1.165) is 41.7 Å². The van der Waals surface area contributed by atoms with Crippen LogP contribution < -0.4 is 4.74 Å². The fourth-order valence-corrected chi connectivity index (χ4v) is 3.82. The first-order chi connectivity index (χ1) is 15.0. The maximum Gasteiger partial charge on any atom is 0.143 e. The van der Waals surface area contributed by atoms with E-state index in [9.17, 15) is 5.11 Å². The van der Waals surface area contributed by atoms with Gasteiger partial charge in [-0.1, -0.05) is 48.0 Å². The van der Waals surface area contributed by atoms with E-state index in [1.54, 1.807) is 0 Å². The third-order valence-electron chi connectivity index (χ3n) is 5.82. The lowest BCUT2D eigenvalue weighted by molar-refractivity contribution is 0.204. The highest BCUT2D eigenvalue weighted by Crippen LogP contribution is 2.28. The molecule has 1 aromatic heterocycles. The number of fused-ring (bicyclic) bond motifs is 1. The summed E-state index contributed by atoms with van der Waals surface area (Å²) in [6.07, 6.45) is 1.12. The Morgan fingerprint density at radius 1 is 0.903 bits per heavy atom. The highest BCUT2D eigenvalue weighted by Gasteiger charge is 2.20. The van der Waals surface area contributed by atoms with Crippen molar-refractivity contribution in [2.75, 3.05) is 6.61 Å². The number of aromatic nitrogens is 2. The van der Waals surface area contributed by atoms with Gasteiger partial charge in [0.1, 0.15) is 17.7 Å². The smallest absolute Gasteiger partial charge is 0.143 e. The number of hydrogen-bond acceptors (Lipinski definition) is 3. The number of aliphatic hydroxyl groups is 1. The van der Waals surface area contributed by atoms with E-state index < -0.39 is 6.10 Å². The number of ether oxygens (including phenoxy) is 1. The molecule has 4 rings (SSSR count). The second-order valence-corrected chi connectivity index (χ2v) is 8.23. The van der Waals surface area contributed by atoms with E-state index >= 15 is 0 Å². The molecule has 4 aromatic rings. The Kier molecular flexibility index (Phi) is 6.38. The Bertz CT molecular complexity index is 1150. The minimum atomic E-state index is -0.752. The first-order valence-corrected chi connectivity index (χ1v) is 10.9. The molecular weight excluding hydrogens is 384 g/mol. The second-order valence-electron chi connectivity index (χ2n) is 8.23. The lowest BCUT2D eigenvalue weighted by Gasteiger charge is -2.15. The third kappa shape index (κ3) is 4.80. The molecule has 0 spiro atoms. The molecule has 3 aromatic carbocycles. The zero-order chi connectivity index (χ0) is 21.8. The molecule has 0 bridgehead atoms. The van der Waals surface area contributed by atoms with Crippen molar-refractivity contribution in [3.05, 3.63) is 94.8 Å². The molecule has 0 saturated carbocycles. The minimum Gasteiger partial charge on any atom is -0.494 e. The van der Waals surface area contributed by atoms with Crippen molar-refractivity contribution in [2.45, 2.75) is 46.3 Å².